The molecule has 0 atom stereocenters. The van der Waals surface area contributed by atoms with Crippen LogP contribution in [0.1, 0.15) is 16.7 Å². The van der Waals surface area contributed by atoms with E-state index in [0.29, 0.717) is 0 Å². The van der Waals surface area contributed by atoms with Crippen molar-refractivity contribution >= 4 is 0 Å². The highest BCUT2D eigenvalue weighted by Crippen LogP contribution is 2.07. The van der Waals surface area contributed by atoms with Crippen LogP contribution in [0.15, 0.2) is 18.2 Å². The summed E-state index contributed by atoms with van der Waals surface area (Å²) in [4.78, 5) is 0. The first kappa shape index (κ1) is 6.82. The normalized spacial score (nSPS) is 8.90. The minimum atomic E-state index is 0.739. The number of rotatable bonds is 0. The average molecular weight is 131 g/mol. The number of hydrogen-bond donors (Lipinski definition) is 0. The lowest BCUT2D eigenvalue weighted by Crippen LogP contribution is -1.81. The van der Waals surface area contributed by atoms with Crippen LogP contribution in [0.4, 0.5) is 0 Å². The summed E-state index contributed by atoms with van der Waals surface area (Å²) in [5.41, 5.74) is 3.15. The molecule has 1 heteroatoms. The maximum atomic E-state index is 8.50. The molecular formula is C9H9N. The van der Waals surface area contributed by atoms with Crippen LogP contribution >= 0.6 is 0 Å². The molecule has 0 saturated carbocycles. The molecule has 50 valence electrons. The number of nitriles is 1. The van der Waals surface area contributed by atoms with Gasteiger partial charge in [-0.05, 0) is 37.1 Å². The standard InChI is InChI=1S/C9H9N/c1-7-3-4-9(6-10)5-8(7)2/h3-5H,1-2H3. The maximum Gasteiger partial charge on any atom is 0.0991 e. The Hall–Kier alpha value is -1.29. The van der Waals surface area contributed by atoms with Crippen LogP contribution in [0.25, 0.3) is 0 Å². The van der Waals surface area contributed by atoms with E-state index in [-0.39, 0.29) is 0 Å². The molecule has 0 unspecified atom stereocenters. The first-order chi connectivity index (χ1) is 4.74. The fraction of sp³-hybridized carbons (Fsp3) is 0.222. The molecule has 0 N–H and O–H groups in total. The van der Waals surface area contributed by atoms with Crippen molar-refractivity contribution in [1.29, 1.82) is 5.26 Å². The molecule has 1 aromatic rings. The van der Waals surface area contributed by atoms with Crippen LogP contribution < -0.4 is 0 Å². The van der Waals surface area contributed by atoms with Gasteiger partial charge in [-0.3, -0.25) is 0 Å². The third kappa shape index (κ3) is 1.16. The molecule has 0 fully saturated rings. The van der Waals surface area contributed by atoms with Crippen molar-refractivity contribution in [3.05, 3.63) is 34.9 Å². The largest absolute Gasteiger partial charge is 0.192 e. The molecule has 0 aromatic heterocycles. The molecule has 0 spiro atoms. The molecular weight excluding hydrogens is 122 g/mol. The topological polar surface area (TPSA) is 23.8 Å². The summed E-state index contributed by atoms with van der Waals surface area (Å²) < 4.78 is 0. The summed E-state index contributed by atoms with van der Waals surface area (Å²) in [6.07, 6.45) is 0. The van der Waals surface area contributed by atoms with Gasteiger partial charge in [0.2, 0.25) is 0 Å². The molecule has 0 heterocycles. The van der Waals surface area contributed by atoms with E-state index in [1.165, 1.54) is 11.1 Å². The van der Waals surface area contributed by atoms with E-state index in [1.807, 2.05) is 32.0 Å². The van der Waals surface area contributed by atoms with Crippen LogP contribution in [0, 0.1) is 25.2 Å². The molecule has 1 nitrogen and oxygen atoms in total. The van der Waals surface area contributed by atoms with E-state index in [0.717, 1.165) is 5.56 Å². The smallest absolute Gasteiger partial charge is 0.0991 e. The Bertz CT molecular complexity index is 281. The summed E-state index contributed by atoms with van der Waals surface area (Å²) in [6.45, 7) is 4.05. The van der Waals surface area contributed by atoms with Crippen LogP contribution in [0.2, 0.25) is 0 Å². The molecule has 0 amide bonds. The van der Waals surface area contributed by atoms with Gasteiger partial charge in [0.05, 0.1) is 11.6 Å². The number of nitrogens with zero attached hydrogens (tertiary/aromatic N) is 1. The van der Waals surface area contributed by atoms with Crippen molar-refractivity contribution in [2.75, 3.05) is 0 Å². The number of hydrogen-bond acceptors (Lipinski definition) is 1. The van der Waals surface area contributed by atoms with E-state index in [1.54, 1.807) is 0 Å². The van der Waals surface area contributed by atoms with Gasteiger partial charge >= 0.3 is 0 Å². The van der Waals surface area contributed by atoms with Crippen molar-refractivity contribution in [3.63, 3.8) is 0 Å². The Kier molecular flexibility index (Phi) is 1.73. The fourth-order valence-electron chi connectivity index (χ4n) is 0.811. The zero-order chi connectivity index (χ0) is 7.56. The van der Waals surface area contributed by atoms with Crippen molar-refractivity contribution < 1.29 is 0 Å². The van der Waals surface area contributed by atoms with Crippen LogP contribution in [-0.2, 0) is 0 Å². The Morgan fingerprint density at radius 2 is 1.90 bits per heavy atom. The van der Waals surface area contributed by atoms with Crippen molar-refractivity contribution in [3.8, 4) is 6.07 Å². The lowest BCUT2D eigenvalue weighted by Gasteiger charge is -1.96. The fourth-order valence-corrected chi connectivity index (χ4v) is 0.811. The minimum Gasteiger partial charge on any atom is -0.192 e. The first-order valence-corrected chi connectivity index (χ1v) is 3.21. The average Bonchev–Trinajstić information content (AvgIpc) is 1.95. The van der Waals surface area contributed by atoms with Gasteiger partial charge in [-0.15, -0.1) is 0 Å². The van der Waals surface area contributed by atoms with Gasteiger partial charge in [0.25, 0.3) is 0 Å². The second-order valence-electron chi connectivity index (χ2n) is 2.41. The summed E-state index contributed by atoms with van der Waals surface area (Å²) in [6, 6.07) is 7.79. The van der Waals surface area contributed by atoms with Crippen LogP contribution in [0.3, 0.4) is 0 Å². The molecule has 1 rings (SSSR count). The molecule has 0 radical (unpaired) electrons. The molecule has 0 aliphatic rings. The van der Waals surface area contributed by atoms with Gasteiger partial charge in [0, 0.05) is 0 Å². The highest BCUT2D eigenvalue weighted by atomic mass is 14.2. The summed E-state index contributed by atoms with van der Waals surface area (Å²) in [5.74, 6) is 0. The lowest BCUT2D eigenvalue weighted by atomic mass is 10.1. The quantitative estimate of drug-likeness (QED) is 0.529. The molecule has 0 aliphatic heterocycles. The van der Waals surface area contributed by atoms with Gasteiger partial charge in [-0.2, -0.15) is 5.26 Å². The Morgan fingerprint density at radius 3 is 2.40 bits per heavy atom. The summed E-state index contributed by atoms with van der Waals surface area (Å²) in [7, 11) is 0. The van der Waals surface area contributed by atoms with Crippen LogP contribution in [-0.4, -0.2) is 0 Å². The zero-order valence-electron chi connectivity index (χ0n) is 6.18. The minimum absolute atomic E-state index is 0.739. The van der Waals surface area contributed by atoms with E-state index in [4.69, 9.17) is 5.26 Å². The second kappa shape index (κ2) is 2.53. The Labute approximate surface area is 60.9 Å². The predicted octanol–water partition coefficient (Wildman–Crippen LogP) is 2.18. The Morgan fingerprint density at radius 1 is 1.20 bits per heavy atom. The zero-order valence-corrected chi connectivity index (χ0v) is 6.18. The van der Waals surface area contributed by atoms with E-state index >= 15 is 0 Å². The van der Waals surface area contributed by atoms with Crippen molar-refractivity contribution in [2.24, 2.45) is 0 Å². The van der Waals surface area contributed by atoms with Gasteiger partial charge in [0.15, 0.2) is 0 Å². The van der Waals surface area contributed by atoms with E-state index in [2.05, 4.69) is 6.07 Å². The van der Waals surface area contributed by atoms with E-state index < -0.39 is 0 Å². The molecule has 1 aromatic carbocycles. The highest BCUT2D eigenvalue weighted by Gasteiger charge is 1.92. The third-order valence-corrected chi connectivity index (χ3v) is 1.64. The molecule has 0 aliphatic carbocycles. The summed E-state index contributed by atoms with van der Waals surface area (Å²) >= 11 is 0. The SMILES string of the molecule is Cc1ccc(C#N)cc1C. The second-order valence-corrected chi connectivity index (χ2v) is 2.41. The first-order valence-electron chi connectivity index (χ1n) is 3.21. The summed E-state index contributed by atoms with van der Waals surface area (Å²) in [5, 5.41) is 8.50. The molecule has 0 bridgehead atoms. The van der Waals surface area contributed by atoms with Gasteiger partial charge < -0.3 is 0 Å². The van der Waals surface area contributed by atoms with Crippen LogP contribution in [0.5, 0.6) is 0 Å². The van der Waals surface area contributed by atoms with Gasteiger partial charge in [-0.1, -0.05) is 6.07 Å². The highest BCUT2D eigenvalue weighted by molar-refractivity contribution is 5.36. The molecule has 0 saturated heterocycles. The predicted molar refractivity (Wildman–Crippen MR) is 40.6 cm³/mol. The third-order valence-electron chi connectivity index (χ3n) is 1.64. The monoisotopic (exact) mass is 131 g/mol. The number of benzene rings is 1. The number of aryl methyl sites for hydroxylation is 2. The molecule has 10 heavy (non-hydrogen) atoms. The Balaban J connectivity index is 3.20. The van der Waals surface area contributed by atoms with E-state index in [9.17, 15) is 0 Å². The van der Waals surface area contributed by atoms with Gasteiger partial charge in [-0.25, -0.2) is 0 Å². The van der Waals surface area contributed by atoms with Gasteiger partial charge in [0.1, 0.15) is 0 Å². The lowest BCUT2D eigenvalue weighted by molar-refractivity contribution is 1.32. The van der Waals surface area contributed by atoms with Crippen molar-refractivity contribution in [2.45, 2.75) is 13.8 Å². The maximum absolute atomic E-state index is 8.50. The van der Waals surface area contributed by atoms with Crippen molar-refractivity contribution in [1.82, 2.24) is 0 Å².